The maximum Gasteiger partial charge on any atom is 0.243 e. The van der Waals surface area contributed by atoms with Crippen LogP contribution in [-0.2, 0) is 10.0 Å². The van der Waals surface area contributed by atoms with E-state index < -0.39 is 15.8 Å². The molecule has 2 aromatic rings. The summed E-state index contributed by atoms with van der Waals surface area (Å²) >= 11 is 0. The highest BCUT2D eigenvalue weighted by Crippen LogP contribution is 2.28. The maximum absolute atomic E-state index is 13.1. The van der Waals surface area contributed by atoms with Crippen molar-refractivity contribution < 1.29 is 12.8 Å². The van der Waals surface area contributed by atoms with Crippen LogP contribution in [0.2, 0.25) is 0 Å². The Morgan fingerprint density at radius 2 is 2.19 bits per heavy atom. The summed E-state index contributed by atoms with van der Waals surface area (Å²) in [7, 11) is -3.60. The van der Waals surface area contributed by atoms with Gasteiger partial charge in [0.15, 0.2) is 0 Å². The second-order valence-corrected chi connectivity index (χ2v) is 7.00. The molecular formula is C13H15FN4O2S. The third-order valence-electron chi connectivity index (χ3n) is 3.70. The lowest BCUT2D eigenvalue weighted by molar-refractivity contribution is 0.428. The summed E-state index contributed by atoms with van der Waals surface area (Å²) in [5, 5.41) is 7.65. The van der Waals surface area contributed by atoms with Crippen molar-refractivity contribution in [2.75, 3.05) is 13.1 Å². The standard InChI is InChI=1S/C13H15FN4O2S/c1-10-8-11(14)2-3-13(10)21(19,20)17-6-4-12(9-17)18-7-5-15-16-18/h2-3,5,7-8,12H,4,6,9H2,1H3/t12-/m1/s1. The van der Waals surface area contributed by atoms with Crippen molar-refractivity contribution in [2.45, 2.75) is 24.3 Å². The van der Waals surface area contributed by atoms with Crippen molar-refractivity contribution in [3.63, 3.8) is 0 Å². The van der Waals surface area contributed by atoms with E-state index >= 15 is 0 Å². The second kappa shape index (κ2) is 5.19. The van der Waals surface area contributed by atoms with Crippen molar-refractivity contribution in [1.29, 1.82) is 0 Å². The molecule has 0 N–H and O–H groups in total. The molecule has 0 bridgehead atoms. The Labute approximate surface area is 122 Å². The van der Waals surface area contributed by atoms with Crippen molar-refractivity contribution >= 4 is 10.0 Å². The second-order valence-electron chi connectivity index (χ2n) is 5.10. The summed E-state index contributed by atoms with van der Waals surface area (Å²) in [5.41, 5.74) is 0.416. The van der Waals surface area contributed by atoms with Crippen LogP contribution in [0.1, 0.15) is 18.0 Å². The molecule has 1 aromatic carbocycles. The normalized spacial score (nSPS) is 20.0. The van der Waals surface area contributed by atoms with Crippen molar-refractivity contribution in [3.05, 3.63) is 42.0 Å². The first-order valence-corrected chi connectivity index (χ1v) is 8.04. The molecular weight excluding hydrogens is 295 g/mol. The molecule has 1 atom stereocenters. The number of nitrogens with zero attached hydrogens (tertiary/aromatic N) is 4. The van der Waals surface area contributed by atoms with Crippen molar-refractivity contribution in [2.24, 2.45) is 0 Å². The molecule has 0 saturated carbocycles. The summed E-state index contributed by atoms with van der Waals surface area (Å²) in [6, 6.07) is 3.72. The van der Waals surface area contributed by atoms with Gasteiger partial charge in [0, 0.05) is 19.3 Å². The fourth-order valence-corrected chi connectivity index (χ4v) is 4.30. The van der Waals surface area contributed by atoms with Crippen LogP contribution in [0, 0.1) is 12.7 Å². The minimum atomic E-state index is -3.60. The van der Waals surface area contributed by atoms with E-state index in [-0.39, 0.29) is 10.9 Å². The van der Waals surface area contributed by atoms with Crippen molar-refractivity contribution in [3.8, 4) is 0 Å². The average molecular weight is 310 g/mol. The number of aryl methyl sites for hydroxylation is 1. The molecule has 112 valence electrons. The zero-order valence-corrected chi connectivity index (χ0v) is 12.3. The number of rotatable bonds is 3. The summed E-state index contributed by atoms with van der Waals surface area (Å²) in [5.74, 6) is -0.437. The van der Waals surface area contributed by atoms with Gasteiger partial charge in [-0.3, -0.25) is 0 Å². The van der Waals surface area contributed by atoms with E-state index in [2.05, 4.69) is 10.3 Å². The Balaban J connectivity index is 1.86. The largest absolute Gasteiger partial charge is 0.248 e. The molecule has 0 unspecified atom stereocenters. The van der Waals surface area contributed by atoms with Gasteiger partial charge in [0.2, 0.25) is 10.0 Å². The highest BCUT2D eigenvalue weighted by Gasteiger charge is 2.34. The number of sulfonamides is 1. The average Bonchev–Trinajstić information content (AvgIpc) is 3.09. The Bertz CT molecular complexity index is 746. The quantitative estimate of drug-likeness (QED) is 0.858. The minimum Gasteiger partial charge on any atom is -0.248 e. The number of aromatic nitrogens is 3. The van der Waals surface area contributed by atoms with Crippen LogP contribution in [0.4, 0.5) is 4.39 Å². The van der Waals surface area contributed by atoms with Gasteiger partial charge >= 0.3 is 0 Å². The Morgan fingerprint density at radius 1 is 1.38 bits per heavy atom. The Kier molecular flexibility index (Phi) is 3.50. The van der Waals surface area contributed by atoms with Gasteiger partial charge in [-0.15, -0.1) is 5.10 Å². The topological polar surface area (TPSA) is 68.1 Å². The lowest BCUT2D eigenvalue weighted by Gasteiger charge is -2.18. The van der Waals surface area contributed by atoms with Crippen LogP contribution in [0.5, 0.6) is 0 Å². The van der Waals surface area contributed by atoms with Crippen LogP contribution in [0.3, 0.4) is 0 Å². The molecule has 1 fully saturated rings. The van der Waals surface area contributed by atoms with Gasteiger partial charge in [0.1, 0.15) is 5.82 Å². The fraction of sp³-hybridized carbons (Fsp3) is 0.385. The first-order chi connectivity index (χ1) is 9.98. The third-order valence-corrected chi connectivity index (χ3v) is 5.72. The molecule has 8 heteroatoms. The molecule has 0 amide bonds. The number of hydrogen-bond donors (Lipinski definition) is 0. The smallest absolute Gasteiger partial charge is 0.243 e. The molecule has 21 heavy (non-hydrogen) atoms. The lowest BCUT2D eigenvalue weighted by Crippen LogP contribution is -2.30. The van der Waals surface area contributed by atoms with E-state index in [1.807, 2.05) is 0 Å². The molecule has 1 aromatic heterocycles. The number of halogens is 1. The first-order valence-electron chi connectivity index (χ1n) is 6.60. The lowest BCUT2D eigenvalue weighted by atomic mass is 10.2. The summed E-state index contributed by atoms with van der Waals surface area (Å²) in [6.45, 7) is 2.37. The maximum atomic E-state index is 13.1. The van der Waals surface area contributed by atoms with Crippen LogP contribution in [0.15, 0.2) is 35.5 Å². The molecule has 1 saturated heterocycles. The zero-order valence-electron chi connectivity index (χ0n) is 11.5. The van der Waals surface area contributed by atoms with Crippen LogP contribution < -0.4 is 0 Å². The van der Waals surface area contributed by atoms with E-state index in [1.165, 1.54) is 22.5 Å². The van der Waals surface area contributed by atoms with Gasteiger partial charge in [0.25, 0.3) is 0 Å². The molecule has 1 aliphatic heterocycles. The molecule has 1 aliphatic rings. The van der Waals surface area contributed by atoms with Gasteiger partial charge in [-0.1, -0.05) is 5.21 Å². The van der Waals surface area contributed by atoms with Gasteiger partial charge in [-0.05, 0) is 37.1 Å². The Morgan fingerprint density at radius 3 is 2.86 bits per heavy atom. The number of benzene rings is 1. The predicted octanol–water partition coefficient (Wildman–Crippen LogP) is 1.36. The van der Waals surface area contributed by atoms with Gasteiger partial charge in [-0.25, -0.2) is 17.5 Å². The third kappa shape index (κ3) is 2.56. The van der Waals surface area contributed by atoms with Crippen molar-refractivity contribution in [1.82, 2.24) is 19.3 Å². The number of hydrogen-bond acceptors (Lipinski definition) is 4. The van der Waals surface area contributed by atoms with Crippen LogP contribution >= 0.6 is 0 Å². The molecule has 6 nitrogen and oxygen atoms in total. The molecule has 0 aliphatic carbocycles. The summed E-state index contributed by atoms with van der Waals surface area (Å²) in [4.78, 5) is 0.156. The highest BCUT2D eigenvalue weighted by molar-refractivity contribution is 7.89. The van der Waals surface area contributed by atoms with E-state index in [9.17, 15) is 12.8 Å². The van der Waals surface area contributed by atoms with E-state index in [0.29, 0.717) is 25.1 Å². The molecule has 3 rings (SSSR count). The molecule has 0 spiro atoms. The summed E-state index contributed by atoms with van der Waals surface area (Å²) in [6.07, 6.45) is 3.98. The summed E-state index contributed by atoms with van der Waals surface area (Å²) < 4.78 is 41.5. The van der Waals surface area contributed by atoms with E-state index in [4.69, 9.17) is 0 Å². The van der Waals surface area contributed by atoms with Crippen LogP contribution in [-0.4, -0.2) is 40.8 Å². The van der Waals surface area contributed by atoms with E-state index in [0.717, 1.165) is 0 Å². The fourth-order valence-electron chi connectivity index (χ4n) is 2.60. The monoisotopic (exact) mass is 310 g/mol. The zero-order chi connectivity index (χ0) is 15.0. The SMILES string of the molecule is Cc1cc(F)ccc1S(=O)(=O)N1CC[C@@H](n2ccnn2)C1. The highest BCUT2D eigenvalue weighted by atomic mass is 32.2. The minimum absolute atomic E-state index is 0.0111. The van der Waals surface area contributed by atoms with Gasteiger partial charge in [-0.2, -0.15) is 4.31 Å². The van der Waals surface area contributed by atoms with Crippen LogP contribution in [0.25, 0.3) is 0 Å². The van der Waals surface area contributed by atoms with E-state index in [1.54, 1.807) is 24.0 Å². The Hall–Kier alpha value is -1.80. The molecule has 2 heterocycles. The van der Waals surface area contributed by atoms with Gasteiger partial charge < -0.3 is 0 Å². The van der Waals surface area contributed by atoms with Gasteiger partial charge in [0.05, 0.1) is 17.1 Å². The molecule has 0 radical (unpaired) electrons. The predicted molar refractivity (Wildman–Crippen MR) is 73.6 cm³/mol. The first kappa shape index (κ1) is 14.2.